The molecule has 0 spiro atoms. The second-order valence-electron chi connectivity index (χ2n) is 4.92. The lowest BCUT2D eigenvalue weighted by Crippen LogP contribution is -3.00. The van der Waals surface area contributed by atoms with Crippen LogP contribution in [0.3, 0.4) is 0 Å². The van der Waals surface area contributed by atoms with E-state index in [1.807, 2.05) is 36.4 Å². The highest BCUT2D eigenvalue weighted by molar-refractivity contribution is 5.96. The molecule has 0 atom stereocenters. The summed E-state index contributed by atoms with van der Waals surface area (Å²) in [5, 5.41) is 1.15. The summed E-state index contributed by atoms with van der Waals surface area (Å²) >= 11 is 0. The third-order valence-electron chi connectivity index (χ3n) is 3.57. The fourth-order valence-electron chi connectivity index (χ4n) is 2.58. The Morgan fingerprint density at radius 2 is 1.55 bits per heavy atom. The summed E-state index contributed by atoms with van der Waals surface area (Å²) in [6.45, 7) is 0. The smallest absolute Gasteiger partial charge is 0.152 e. The fourth-order valence-corrected chi connectivity index (χ4v) is 2.58. The fraction of sp³-hybridized carbons (Fsp3) is 0. The van der Waals surface area contributed by atoms with Crippen LogP contribution >= 0.6 is 0 Å². The molecule has 0 radical (unpaired) electrons. The zero-order chi connectivity index (χ0) is 14.1. The highest BCUT2D eigenvalue weighted by Gasteiger charge is 2.10. The van der Waals surface area contributed by atoms with Gasteiger partial charge in [-0.1, -0.05) is 48.5 Å². The molecule has 2 nitrogen and oxygen atoms in total. The first-order valence-electron chi connectivity index (χ1n) is 6.91. The number of pyridine rings is 1. The summed E-state index contributed by atoms with van der Waals surface area (Å²) in [5.74, 6) is 0.790. The standard InChI is InChI=1S/C19H13NO.ClH/c1-2-7-14(8-3-1)16-13-18(19-11-6-12-21-19)20-17-10-5-4-9-15(16)17;/h1-13H;1H/p-1. The molecule has 0 saturated heterocycles. The number of aromatic nitrogens is 1. The SMILES string of the molecule is [Cl-].c1ccc(-c2cc(-c3ccco3)nc3ccccc23)cc1. The van der Waals surface area contributed by atoms with Crippen molar-refractivity contribution >= 4 is 10.9 Å². The number of benzene rings is 2. The molecule has 4 aromatic rings. The molecule has 4 rings (SSSR count). The molecule has 0 aliphatic rings. The molecule has 2 heterocycles. The second-order valence-corrected chi connectivity index (χ2v) is 4.92. The molecule has 0 saturated carbocycles. The molecule has 108 valence electrons. The van der Waals surface area contributed by atoms with E-state index in [2.05, 4.69) is 36.4 Å². The lowest BCUT2D eigenvalue weighted by Gasteiger charge is -2.09. The molecular weight excluding hydrogens is 294 g/mol. The van der Waals surface area contributed by atoms with E-state index in [0.29, 0.717) is 0 Å². The lowest BCUT2D eigenvalue weighted by molar-refractivity contribution is -0.00000450. The van der Waals surface area contributed by atoms with Gasteiger partial charge in [-0.3, -0.25) is 0 Å². The van der Waals surface area contributed by atoms with E-state index >= 15 is 0 Å². The third-order valence-corrected chi connectivity index (χ3v) is 3.57. The average molecular weight is 307 g/mol. The normalized spacial score (nSPS) is 10.4. The van der Waals surface area contributed by atoms with Gasteiger partial charge in [-0.05, 0) is 35.4 Å². The highest BCUT2D eigenvalue weighted by Crippen LogP contribution is 2.31. The molecule has 2 aromatic carbocycles. The van der Waals surface area contributed by atoms with Crippen molar-refractivity contribution in [1.82, 2.24) is 4.98 Å². The molecule has 0 N–H and O–H groups in total. The van der Waals surface area contributed by atoms with Crippen LogP contribution in [0, 0.1) is 0 Å². The monoisotopic (exact) mass is 306 g/mol. The molecule has 0 unspecified atom stereocenters. The predicted molar refractivity (Wildman–Crippen MR) is 84.9 cm³/mol. The highest BCUT2D eigenvalue weighted by atomic mass is 35.5. The van der Waals surface area contributed by atoms with Crippen LogP contribution in [0.4, 0.5) is 0 Å². The minimum atomic E-state index is 0. The number of hydrogen-bond donors (Lipinski definition) is 0. The average Bonchev–Trinajstić information content (AvgIpc) is 3.09. The lowest BCUT2D eigenvalue weighted by atomic mass is 10.00. The Hall–Kier alpha value is -2.58. The van der Waals surface area contributed by atoms with E-state index in [4.69, 9.17) is 9.40 Å². The van der Waals surface area contributed by atoms with Crippen LogP contribution in [0.25, 0.3) is 33.5 Å². The molecule has 0 aliphatic carbocycles. The van der Waals surface area contributed by atoms with Gasteiger partial charge in [-0.15, -0.1) is 0 Å². The minimum absolute atomic E-state index is 0. The van der Waals surface area contributed by atoms with Crippen molar-refractivity contribution in [1.29, 1.82) is 0 Å². The molecular formula is C19H13ClNO-. The molecule has 22 heavy (non-hydrogen) atoms. The van der Waals surface area contributed by atoms with Crippen LogP contribution in [0.5, 0.6) is 0 Å². The quantitative estimate of drug-likeness (QED) is 0.567. The van der Waals surface area contributed by atoms with Crippen LogP contribution in [0.1, 0.15) is 0 Å². The Bertz CT molecular complexity index is 886. The Kier molecular flexibility index (Phi) is 3.94. The van der Waals surface area contributed by atoms with Gasteiger partial charge in [-0.25, -0.2) is 4.98 Å². The number of furan rings is 1. The van der Waals surface area contributed by atoms with Gasteiger partial charge in [-0.2, -0.15) is 0 Å². The summed E-state index contributed by atoms with van der Waals surface area (Å²) in [6, 6.07) is 24.5. The second kappa shape index (κ2) is 6.04. The largest absolute Gasteiger partial charge is 1.00 e. The Morgan fingerprint density at radius 3 is 2.32 bits per heavy atom. The van der Waals surface area contributed by atoms with E-state index in [9.17, 15) is 0 Å². The first-order valence-corrected chi connectivity index (χ1v) is 6.91. The Balaban J connectivity index is 0.00000144. The van der Waals surface area contributed by atoms with Crippen molar-refractivity contribution < 1.29 is 16.8 Å². The van der Waals surface area contributed by atoms with Crippen LogP contribution in [0.15, 0.2) is 83.5 Å². The van der Waals surface area contributed by atoms with Crippen LogP contribution in [-0.2, 0) is 0 Å². The predicted octanol–water partition coefficient (Wildman–Crippen LogP) is 2.17. The van der Waals surface area contributed by atoms with E-state index in [1.54, 1.807) is 6.26 Å². The van der Waals surface area contributed by atoms with Gasteiger partial charge < -0.3 is 16.8 Å². The van der Waals surface area contributed by atoms with E-state index in [0.717, 1.165) is 22.4 Å². The van der Waals surface area contributed by atoms with Gasteiger partial charge in [0.25, 0.3) is 0 Å². The van der Waals surface area contributed by atoms with Crippen molar-refractivity contribution in [2.75, 3.05) is 0 Å². The summed E-state index contributed by atoms with van der Waals surface area (Å²) in [5.41, 5.74) is 4.19. The van der Waals surface area contributed by atoms with Crippen molar-refractivity contribution in [3.63, 3.8) is 0 Å². The third kappa shape index (κ3) is 2.49. The van der Waals surface area contributed by atoms with E-state index in [1.165, 1.54) is 11.1 Å². The van der Waals surface area contributed by atoms with E-state index < -0.39 is 0 Å². The summed E-state index contributed by atoms with van der Waals surface area (Å²) in [4.78, 5) is 4.71. The van der Waals surface area contributed by atoms with Gasteiger partial charge >= 0.3 is 0 Å². The molecule has 0 bridgehead atoms. The topological polar surface area (TPSA) is 26.0 Å². The number of hydrogen-bond acceptors (Lipinski definition) is 2. The van der Waals surface area contributed by atoms with Gasteiger partial charge in [0.05, 0.1) is 11.8 Å². The summed E-state index contributed by atoms with van der Waals surface area (Å²) in [6.07, 6.45) is 1.67. The van der Waals surface area contributed by atoms with Gasteiger partial charge in [0.2, 0.25) is 0 Å². The zero-order valence-corrected chi connectivity index (χ0v) is 12.5. The Labute approximate surface area is 134 Å². The number of fused-ring (bicyclic) bond motifs is 1. The number of para-hydroxylation sites is 1. The number of halogens is 1. The Morgan fingerprint density at radius 1 is 0.773 bits per heavy atom. The summed E-state index contributed by atoms with van der Waals surface area (Å²) in [7, 11) is 0. The zero-order valence-electron chi connectivity index (χ0n) is 11.7. The first kappa shape index (κ1) is 14.4. The number of nitrogens with zero attached hydrogens (tertiary/aromatic N) is 1. The van der Waals surface area contributed by atoms with Crippen molar-refractivity contribution in [2.45, 2.75) is 0 Å². The van der Waals surface area contributed by atoms with Crippen LogP contribution in [0.2, 0.25) is 0 Å². The van der Waals surface area contributed by atoms with Crippen LogP contribution < -0.4 is 12.4 Å². The van der Waals surface area contributed by atoms with Gasteiger partial charge in [0, 0.05) is 5.39 Å². The maximum Gasteiger partial charge on any atom is 0.152 e. The molecule has 0 amide bonds. The van der Waals surface area contributed by atoms with Gasteiger partial charge in [0.15, 0.2) is 5.76 Å². The summed E-state index contributed by atoms with van der Waals surface area (Å²) < 4.78 is 5.50. The molecule has 2 aromatic heterocycles. The van der Waals surface area contributed by atoms with Crippen molar-refractivity contribution in [3.8, 4) is 22.6 Å². The van der Waals surface area contributed by atoms with Crippen LogP contribution in [-0.4, -0.2) is 4.98 Å². The minimum Gasteiger partial charge on any atom is -1.00 e. The van der Waals surface area contributed by atoms with E-state index in [-0.39, 0.29) is 12.4 Å². The molecule has 0 fully saturated rings. The maximum atomic E-state index is 5.50. The van der Waals surface area contributed by atoms with Crippen molar-refractivity contribution in [2.24, 2.45) is 0 Å². The molecule has 3 heteroatoms. The van der Waals surface area contributed by atoms with Gasteiger partial charge in [0.1, 0.15) is 5.69 Å². The van der Waals surface area contributed by atoms with Crippen molar-refractivity contribution in [3.05, 3.63) is 79.1 Å². The number of rotatable bonds is 2. The first-order chi connectivity index (χ1) is 10.4. The maximum absolute atomic E-state index is 5.50. The molecule has 0 aliphatic heterocycles.